The third-order valence-electron chi connectivity index (χ3n) is 5.34. The molecule has 0 bridgehead atoms. The molecule has 0 saturated heterocycles. The van der Waals surface area contributed by atoms with Crippen LogP contribution in [-0.4, -0.2) is 27.0 Å². The molecule has 25 heavy (non-hydrogen) atoms. The number of nitrogens with zero attached hydrogens (tertiary/aromatic N) is 3. The van der Waals surface area contributed by atoms with Gasteiger partial charge < -0.3 is 16.0 Å². The Kier molecular flexibility index (Phi) is 4.86. The Morgan fingerprint density at radius 2 is 1.92 bits per heavy atom. The number of rotatable bonds is 4. The molecular weight excluding hydrogens is 314 g/mol. The minimum Gasteiger partial charge on any atom is -0.368 e. The lowest BCUT2D eigenvalue weighted by molar-refractivity contribution is -0.119. The summed E-state index contributed by atoms with van der Waals surface area (Å²) in [7, 11) is 0. The molecule has 0 aliphatic carbocycles. The number of carbonyl (C=O) groups is 1. The lowest BCUT2D eigenvalue weighted by atomic mass is 9.90. The minimum atomic E-state index is -0.263. The number of amides is 1. The van der Waals surface area contributed by atoms with Gasteiger partial charge in [-0.05, 0) is 47.5 Å². The van der Waals surface area contributed by atoms with Crippen molar-refractivity contribution >= 4 is 17.7 Å². The predicted molar refractivity (Wildman–Crippen MR) is 102 cm³/mol. The Morgan fingerprint density at radius 1 is 1.32 bits per heavy atom. The van der Waals surface area contributed by atoms with E-state index in [1.807, 2.05) is 38.8 Å². The van der Waals surface area contributed by atoms with E-state index in [4.69, 9.17) is 5.73 Å². The first-order valence-electron chi connectivity index (χ1n) is 8.78. The van der Waals surface area contributed by atoms with E-state index in [1.54, 1.807) is 0 Å². The average Bonchev–Trinajstić information content (AvgIpc) is 2.78. The Labute approximate surface area is 150 Å². The largest absolute Gasteiger partial charge is 0.368 e. The fraction of sp³-hybridized carbons (Fsp3) is 0.632. The van der Waals surface area contributed by atoms with Crippen LogP contribution in [0.2, 0.25) is 0 Å². The van der Waals surface area contributed by atoms with Crippen LogP contribution >= 0.6 is 0 Å². The van der Waals surface area contributed by atoms with Gasteiger partial charge in [0, 0.05) is 40.5 Å². The topological polar surface area (TPSA) is 84.1 Å². The first-order valence-corrected chi connectivity index (χ1v) is 8.78. The molecule has 1 aliphatic rings. The number of nitrogens with one attached hydrogen (secondary N) is 1. The number of aryl methyl sites for hydroxylation is 1. The lowest BCUT2D eigenvalue weighted by Crippen LogP contribution is -2.48. The fourth-order valence-corrected chi connectivity index (χ4v) is 2.80. The second-order valence-corrected chi connectivity index (χ2v) is 8.46. The highest BCUT2D eigenvalue weighted by Gasteiger charge is 2.38. The maximum atomic E-state index is 12.8. The molecule has 1 amide bonds. The summed E-state index contributed by atoms with van der Waals surface area (Å²) >= 11 is 0. The van der Waals surface area contributed by atoms with E-state index in [-0.39, 0.29) is 22.9 Å². The van der Waals surface area contributed by atoms with E-state index >= 15 is 0 Å². The van der Waals surface area contributed by atoms with Crippen LogP contribution in [0, 0.1) is 19.8 Å². The molecular formula is C19H31N5O. The molecule has 0 atom stereocenters. The molecule has 0 spiro atoms. The normalized spacial score (nSPS) is 17.0. The van der Waals surface area contributed by atoms with Crippen LogP contribution in [-0.2, 0) is 4.79 Å². The second-order valence-electron chi connectivity index (χ2n) is 8.46. The summed E-state index contributed by atoms with van der Waals surface area (Å²) in [5.41, 5.74) is 7.91. The van der Waals surface area contributed by atoms with Gasteiger partial charge in [-0.15, -0.1) is 0 Å². The van der Waals surface area contributed by atoms with Gasteiger partial charge in [0.25, 0.3) is 0 Å². The molecule has 2 rings (SSSR count). The highest BCUT2D eigenvalue weighted by molar-refractivity contribution is 5.95. The van der Waals surface area contributed by atoms with Crippen molar-refractivity contribution in [3.63, 3.8) is 0 Å². The van der Waals surface area contributed by atoms with Gasteiger partial charge >= 0.3 is 0 Å². The molecule has 6 heteroatoms. The van der Waals surface area contributed by atoms with Crippen LogP contribution in [0.1, 0.15) is 59.2 Å². The van der Waals surface area contributed by atoms with Crippen molar-refractivity contribution in [2.45, 2.75) is 72.9 Å². The molecule has 3 N–H and O–H groups in total. The van der Waals surface area contributed by atoms with Crippen molar-refractivity contribution in [1.82, 2.24) is 15.3 Å². The van der Waals surface area contributed by atoms with Crippen LogP contribution in [0.3, 0.4) is 0 Å². The molecule has 0 saturated carbocycles. The minimum absolute atomic E-state index is 0.0225. The zero-order chi connectivity index (χ0) is 19.2. The Bertz CT molecular complexity index is 719. The zero-order valence-corrected chi connectivity index (χ0v) is 16.7. The standard InChI is InChI=1S/C19H31N5O/c1-11(2)19(7,8)23-16(25)14-9-18(5,6)24(10-14)15-12(3)13(4)21-17(20)22-15/h10-11H,9H2,1-8H3,(H,23,25)(H2,20,21,22). The SMILES string of the molecule is Cc1nc(N)nc(N2C=C(C(=O)NC(C)(C)C(C)C)CC2(C)C)c1C. The van der Waals surface area contributed by atoms with E-state index in [0.29, 0.717) is 12.3 Å². The van der Waals surface area contributed by atoms with Crippen LogP contribution in [0.15, 0.2) is 11.8 Å². The fourth-order valence-electron chi connectivity index (χ4n) is 2.80. The molecule has 1 aliphatic heterocycles. The summed E-state index contributed by atoms with van der Waals surface area (Å²) in [6, 6.07) is 0. The summed E-state index contributed by atoms with van der Waals surface area (Å²) in [6.45, 7) is 16.4. The third kappa shape index (κ3) is 3.78. The van der Waals surface area contributed by atoms with Gasteiger partial charge in [0.05, 0.1) is 0 Å². The van der Waals surface area contributed by atoms with Crippen LogP contribution in [0.4, 0.5) is 11.8 Å². The number of hydrogen-bond acceptors (Lipinski definition) is 5. The highest BCUT2D eigenvalue weighted by atomic mass is 16.1. The number of aromatic nitrogens is 2. The predicted octanol–water partition coefficient (Wildman–Crippen LogP) is 3.10. The van der Waals surface area contributed by atoms with Crippen molar-refractivity contribution in [3.8, 4) is 0 Å². The van der Waals surface area contributed by atoms with Gasteiger partial charge in [0.1, 0.15) is 5.82 Å². The van der Waals surface area contributed by atoms with Crippen LogP contribution in [0.25, 0.3) is 0 Å². The first-order chi connectivity index (χ1) is 11.3. The van der Waals surface area contributed by atoms with Crippen molar-refractivity contribution in [2.75, 3.05) is 10.6 Å². The quantitative estimate of drug-likeness (QED) is 0.876. The number of nitrogens with two attached hydrogens (primary N) is 1. The molecule has 0 unspecified atom stereocenters. The number of carbonyl (C=O) groups excluding carboxylic acids is 1. The Hall–Kier alpha value is -2.11. The monoisotopic (exact) mass is 345 g/mol. The van der Waals surface area contributed by atoms with E-state index < -0.39 is 0 Å². The number of anilines is 2. The Balaban J connectivity index is 2.37. The van der Waals surface area contributed by atoms with Gasteiger partial charge in [-0.2, -0.15) is 4.98 Å². The molecule has 1 aromatic rings. The molecule has 2 heterocycles. The van der Waals surface area contributed by atoms with E-state index in [9.17, 15) is 4.79 Å². The van der Waals surface area contributed by atoms with Crippen LogP contribution in [0.5, 0.6) is 0 Å². The summed E-state index contributed by atoms with van der Waals surface area (Å²) < 4.78 is 0. The van der Waals surface area contributed by atoms with Crippen molar-refractivity contribution in [2.24, 2.45) is 5.92 Å². The lowest BCUT2D eigenvalue weighted by Gasteiger charge is -2.33. The second kappa shape index (κ2) is 6.32. The highest BCUT2D eigenvalue weighted by Crippen LogP contribution is 2.37. The van der Waals surface area contributed by atoms with Gasteiger partial charge in [0.2, 0.25) is 11.9 Å². The van der Waals surface area contributed by atoms with Gasteiger partial charge in [0.15, 0.2) is 0 Å². The molecule has 1 aromatic heterocycles. The molecule has 138 valence electrons. The molecule has 0 fully saturated rings. The van der Waals surface area contributed by atoms with Crippen molar-refractivity contribution in [1.29, 1.82) is 0 Å². The third-order valence-corrected chi connectivity index (χ3v) is 5.34. The zero-order valence-electron chi connectivity index (χ0n) is 16.7. The van der Waals surface area contributed by atoms with Crippen LogP contribution < -0.4 is 16.0 Å². The van der Waals surface area contributed by atoms with Gasteiger partial charge in [-0.3, -0.25) is 4.79 Å². The van der Waals surface area contributed by atoms with Crippen molar-refractivity contribution < 1.29 is 4.79 Å². The summed E-state index contributed by atoms with van der Waals surface area (Å²) in [6.07, 6.45) is 2.55. The van der Waals surface area contributed by atoms with E-state index in [1.165, 1.54) is 0 Å². The van der Waals surface area contributed by atoms with E-state index in [2.05, 4.69) is 43.0 Å². The smallest absolute Gasteiger partial charge is 0.249 e. The maximum Gasteiger partial charge on any atom is 0.249 e. The molecule has 0 aromatic carbocycles. The Morgan fingerprint density at radius 3 is 2.48 bits per heavy atom. The summed E-state index contributed by atoms with van der Waals surface area (Å²) in [4.78, 5) is 23.5. The first kappa shape index (κ1) is 19.2. The summed E-state index contributed by atoms with van der Waals surface area (Å²) in [5.74, 6) is 1.34. The average molecular weight is 345 g/mol. The molecule has 0 radical (unpaired) electrons. The van der Waals surface area contributed by atoms with Crippen molar-refractivity contribution in [3.05, 3.63) is 23.0 Å². The van der Waals surface area contributed by atoms with Gasteiger partial charge in [-0.1, -0.05) is 13.8 Å². The summed E-state index contributed by atoms with van der Waals surface area (Å²) in [5, 5.41) is 3.15. The van der Waals surface area contributed by atoms with E-state index in [0.717, 1.165) is 22.6 Å². The molecule has 6 nitrogen and oxygen atoms in total. The number of nitrogen functional groups attached to an aromatic ring is 1. The maximum absolute atomic E-state index is 12.8. The van der Waals surface area contributed by atoms with Gasteiger partial charge in [-0.25, -0.2) is 4.98 Å². The number of hydrogen-bond donors (Lipinski definition) is 2.